The second-order valence-corrected chi connectivity index (χ2v) is 14.8. The summed E-state index contributed by atoms with van der Waals surface area (Å²) in [6.45, 7) is 12.0. The molecule has 0 aliphatic carbocycles. The number of anilines is 1. The molecule has 1 unspecified atom stereocenters. The van der Waals surface area contributed by atoms with Crippen molar-refractivity contribution in [3.63, 3.8) is 0 Å². The Labute approximate surface area is 250 Å². The Balaban J connectivity index is 1.89. The summed E-state index contributed by atoms with van der Waals surface area (Å²) in [5.41, 5.74) is 5.85. The number of nitrogens with one attached hydrogen (secondary N) is 1. The number of nitrogens with two attached hydrogens (primary N) is 1. The van der Waals surface area contributed by atoms with Crippen LogP contribution >= 0.6 is 0 Å². The van der Waals surface area contributed by atoms with Crippen LogP contribution < -0.4 is 11.1 Å². The third kappa shape index (κ3) is 10.2. The number of sulfonamides is 1. The van der Waals surface area contributed by atoms with Crippen LogP contribution in [0.1, 0.15) is 59.9 Å². The summed E-state index contributed by atoms with van der Waals surface area (Å²) in [7, 11) is -4.08. The van der Waals surface area contributed by atoms with Gasteiger partial charge in [0.2, 0.25) is 10.0 Å². The molecule has 3 rings (SSSR count). The molecular formula is C31H47N3O7S. The first-order chi connectivity index (χ1) is 19.5. The molecule has 234 valence electrons. The van der Waals surface area contributed by atoms with Gasteiger partial charge in [-0.1, -0.05) is 50.2 Å². The molecule has 0 saturated carbocycles. The summed E-state index contributed by atoms with van der Waals surface area (Å²) >= 11 is 0. The lowest BCUT2D eigenvalue weighted by Gasteiger charge is -2.36. The second kappa shape index (κ2) is 13.7. The molecule has 1 heterocycles. The molecule has 2 aromatic carbocycles. The summed E-state index contributed by atoms with van der Waals surface area (Å²) < 4.78 is 46.3. The Morgan fingerprint density at radius 2 is 1.74 bits per heavy atom. The summed E-state index contributed by atoms with van der Waals surface area (Å²) in [5, 5.41) is 14.3. The zero-order valence-electron chi connectivity index (χ0n) is 25.6. The monoisotopic (exact) mass is 605 g/mol. The standard InChI is InChI=1S/C31H47N3O7S/c1-29(2,3)41-28(36)33-26(19-23-11-8-7-9-12-23)27(35)21-34(42(37,38)25-14-10-13-24(32)20-25)22-30(4,5)15-16-31(6)39-17-18-40-31/h7-14,20,26-27,35H,15-19,21-22,32H2,1-6H3,(H,33,36)/t26-,27?/m0/s1. The van der Waals surface area contributed by atoms with Gasteiger partial charge < -0.3 is 30.4 Å². The number of carbonyl (C=O) groups is 1. The van der Waals surface area contributed by atoms with Crippen molar-refractivity contribution < 1.29 is 32.5 Å². The molecule has 2 aromatic rings. The van der Waals surface area contributed by atoms with Crippen molar-refractivity contribution in [3.8, 4) is 0 Å². The average molecular weight is 606 g/mol. The van der Waals surface area contributed by atoms with Gasteiger partial charge in [-0.15, -0.1) is 0 Å². The summed E-state index contributed by atoms with van der Waals surface area (Å²) in [4.78, 5) is 12.8. The van der Waals surface area contributed by atoms with E-state index in [1.54, 1.807) is 32.9 Å². The minimum atomic E-state index is -4.08. The molecule has 10 nitrogen and oxygen atoms in total. The predicted octanol–water partition coefficient (Wildman–Crippen LogP) is 4.33. The van der Waals surface area contributed by atoms with Gasteiger partial charge in [-0.25, -0.2) is 13.2 Å². The highest BCUT2D eigenvalue weighted by atomic mass is 32.2. The van der Waals surface area contributed by atoms with E-state index in [4.69, 9.17) is 19.9 Å². The molecule has 2 atom stereocenters. The van der Waals surface area contributed by atoms with E-state index in [1.807, 2.05) is 51.1 Å². The van der Waals surface area contributed by atoms with Crippen LogP contribution in [0.5, 0.6) is 0 Å². The quantitative estimate of drug-likeness (QED) is 0.287. The van der Waals surface area contributed by atoms with E-state index in [0.717, 1.165) is 5.56 Å². The maximum atomic E-state index is 14.0. The minimum absolute atomic E-state index is 0.0274. The zero-order chi connectivity index (χ0) is 31.2. The molecule has 1 saturated heterocycles. The van der Waals surface area contributed by atoms with Gasteiger partial charge in [-0.3, -0.25) is 0 Å². The fourth-order valence-corrected chi connectivity index (χ4v) is 6.54. The van der Waals surface area contributed by atoms with E-state index in [9.17, 15) is 18.3 Å². The molecule has 1 aliphatic rings. The van der Waals surface area contributed by atoms with Crippen LogP contribution in [0, 0.1) is 5.41 Å². The first kappa shape index (κ1) is 33.8. The van der Waals surface area contributed by atoms with Gasteiger partial charge in [-0.2, -0.15) is 4.31 Å². The molecule has 0 spiro atoms. The molecule has 1 aliphatic heterocycles. The van der Waals surface area contributed by atoms with Crippen LogP contribution in [0.3, 0.4) is 0 Å². The van der Waals surface area contributed by atoms with E-state index in [0.29, 0.717) is 31.7 Å². The van der Waals surface area contributed by atoms with Crippen LogP contribution in [-0.4, -0.2) is 73.8 Å². The number of amides is 1. The number of ether oxygens (including phenoxy) is 3. The van der Waals surface area contributed by atoms with Crippen LogP contribution in [0.4, 0.5) is 10.5 Å². The van der Waals surface area contributed by atoms with Crippen molar-refractivity contribution >= 4 is 21.8 Å². The number of aliphatic hydroxyl groups is 1. The van der Waals surface area contributed by atoms with Crippen molar-refractivity contribution in [2.75, 3.05) is 32.0 Å². The number of nitrogen functional groups attached to an aromatic ring is 1. The van der Waals surface area contributed by atoms with Crippen molar-refractivity contribution in [1.82, 2.24) is 9.62 Å². The largest absolute Gasteiger partial charge is 0.444 e. The van der Waals surface area contributed by atoms with Gasteiger partial charge >= 0.3 is 6.09 Å². The average Bonchev–Trinajstić information content (AvgIpc) is 3.33. The van der Waals surface area contributed by atoms with Gasteiger partial charge in [0.15, 0.2) is 5.79 Å². The van der Waals surface area contributed by atoms with E-state index < -0.39 is 45.1 Å². The zero-order valence-corrected chi connectivity index (χ0v) is 26.4. The van der Waals surface area contributed by atoms with Crippen molar-refractivity contribution in [3.05, 3.63) is 60.2 Å². The Morgan fingerprint density at radius 1 is 1.10 bits per heavy atom. The van der Waals surface area contributed by atoms with Crippen LogP contribution in [-0.2, 0) is 30.7 Å². The SMILES string of the molecule is CC(C)(CCC1(C)OCCO1)CN(CC(O)[C@H](Cc1ccccc1)NC(=O)OC(C)(C)C)S(=O)(=O)c1cccc(N)c1. The molecular weight excluding hydrogens is 558 g/mol. The summed E-state index contributed by atoms with van der Waals surface area (Å²) in [5.74, 6) is -0.716. The Bertz CT molecular complexity index is 1270. The molecule has 42 heavy (non-hydrogen) atoms. The van der Waals surface area contributed by atoms with E-state index >= 15 is 0 Å². The summed E-state index contributed by atoms with van der Waals surface area (Å²) in [6, 6.07) is 14.6. The Morgan fingerprint density at radius 3 is 2.33 bits per heavy atom. The van der Waals surface area contributed by atoms with Crippen LogP contribution in [0.25, 0.3) is 0 Å². The van der Waals surface area contributed by atoms with Gasteiger partial charge in [0, 0.05) is 25.2 Å². The smallest absolute Gasteiger partial charge is 0.407 e. The normalized spacial score (nSPS) is 17.1. The fourth-order valence-electron chi connectivity index (χ4n) is 4.84. The lowest BCUT2D eigenvalue weighted by atomic mass is 9.86. The van der Waals surface area contributed by atoms with Gasteiger partial charge in [0.05, 0.1) is 30.3 Å². The molecule has 11 heteroatoms. The minimum Gasteiger partial charge on any atom is -0.444 e. The number of hydrogen-bond acceptors (Lipinski definition) is 8. The van der Waals surface area contributed by atoms with Crippen molar-refractivity contribution in [2.24, 2.45) is 5.41 Å². The molecule has 0 bridgehead atoms. The predicted molar refractivity (Wildman–Crippen MR) is 162 cm³/mol. The fraction of sp³-hybridized carbons (Fsp3) is 0.581. The maximum absolute atomic E-state index is 14.0. The number of hydrogen-bond donors (Lipinski definition) is 3. The Kier molecular flexibility index (Phi) is 11.0. The second-order valence-electron chi connectivity index (χ2n) is 12.9. The molecule has 4 N–H and O–H groups in total. The number of aliphatic hydroxyl groups excluding tert-OH is 1. The highest BCUT2D eigenvalue weighted by Crippen LogP contribution is 2.33. The first-order valence-corrected chi connectivity index (χ1v) is 15.8. The highest BCUT2D eigenvalue weighted by molar-refractivity contribution is 7.89. The van der Waals surface area contributed by atoms with Crippen molar-refractivity contribution in [2.45, 2.75) is 89.2 Å². The third-order valence-electron chi connectivity index (χ3n) is 7.11. The first-order valence-electron chi connectivity index (χ1n) is 14.3. The molecule has 0 aromatic heterocycles. The van der Waals surface area contributed by atoms with E-state index in [1.165, 1.54) is 16.4 Å². The summed E-state index contributed by atoms with van der Waals surface area (Å²) in [6.07, 6.45) is -0.511. The number of alkyl carbamates (subject to hydrolysis) is 1. The molecule has 0 radical (unpaired) electrons. The number of benzene rings is 2. The lowest BCUT2D eigenvalue weighted by Crippen LogP contribution is -2.52. The third-order valence-corrected chi connectivity index (χ3v) is 8.92. The maximum Gasteiger partial charge on any atom is 0.407 e. The highest BCUT2D eigenvalue weighted by Gasteiger charge is 2.38. The number of rotatable bonds is 13. The molecule has 1 fully saturated rings. The van der Waals surface area contributed by atoms with Gasteiger partial charge in [0.25, 0.3) is 0 Å². The van der Waals surface area contributed by atoms with Crippen LogP contribution in [0.15, 0.2) is 59.5 Å². The number of carbonyl (C=O) groups excluding carboxylic acids is 1. The van der Waals surface area contributed by atoms with Gasteiger partial charge in [0.1, 0.15) is 5.60 Å². The van der Waals surface area contributed by atoms with Gasteiger partial charge in [-0.05, 0) is 69.7 Å². The van der Waals surface area contributed by atoms with E-state index in [-0.39, 0.29) is 24.4 Å². The van der Waals surface area contributed by atoms with Crippen molar-refractivity contribution in [1.29, 1.82) is 0 Å². The molecule has 1 amide bonds. The van der Waals surface area contributed by atoms with E-state index in [2.05, 4.69) is 5.32 Å². The van der Waals surface area contributed by atoms with Crippen LogP contribution in [0.2, 0.25) is 0 Å². The lowest BCUT2D eigenvalue weighted by molar-refractivity contribution is -0.151. The number of nitrogens with zero attached hydrogens (tertiary/aromatic N) is 1. The Hall–Kier alpha value is -2.70. The topological polar surface area (TPSA) is 140 Å².